The highest BCUT2D eigenvalue weighted by Gasteiger charge is 2.22. The molecule has 2 rings (SSSR count). The lowest BCUT2D eigenvalue weighted by Gasteiger charge is -2.31. The summed E-state index contributed by atoms with van der Waals surface area (Å²) in [6.45, 7) is 2.60. The molecule has 2 nitrogen and oxygen atoms in total. The Kier molecular flexibility index (Phi) is 5.21. The molecule has 1 aromatic rings. The summed E-state index contributed by atoms with van der Waals surface area (Å²) < 4.78 is 0. The third-order valence-electron chi connectivity index (χ3n) is 4.15. The molecule has 2 heteroatoms. The van der Waals surface area contributed by atoms with Gasteiger partial charge in [0, 0.05) is 18.7 Å². The van der Waals surface area contributed by atoms with Crippen LogP contribution in [0.3, 0.4) is 0 Å². The summed E-state index contributed by atoms with van der Waals surface area (Å²) in [5.41, 5.74) is 1.39. The molecule has 1 aliphatic rings. The molecule has 1 unspecified atom stereocenters. The lowest BCUT2D eigenvalue weighted by Crippen LogP contribution is -2.36. The van der Waals surface area contributed by atoms with Gasteiger partial charge < -0.3 is 10.4 Å². The summed E-state index contributed by atoms with van der Waals surface area (Å²) in [4.78, 5) is 0. The minimum absolute atomic E-state index is 0.364. The standard InChI is InChI=1S/C16H25NO/c1-2-16(14-6-4-3-5-7-14)17-15-10-8-13(12-18)9-11-15/h3-7,13,15-18H,2,8-12H2,1H3. The molecule has 0 radical (unpaired) electrons. The van der Waals surface area contributed by atoms with Gasteiger partial charge in [-0.3, -0.25) is 0 Å². The van der Waals surface area contributed by atoms with Gasteiger partial charge in [-0.05, 0) is 43.6 Å². The van der Waals surface area contributed by atoms with Crippen LogP contribution in [0.1, 0.15) is 50.6 Å². The molecule has 0 saturated heterocycles. The second-order valence-electron chi connectivity index (χ2n) is 5.44. The first kappa shape index (κ1) is 13.6. The SMILES string of the molecule is CCC(NC1CCC(CO)CC1)c1ccccc1. The van der Waals surface area contributed by atoms with Gasteiger partial charge in [-0.2, -0.15) is 0 Å². The average Bonchev–Trinajstić information content (AvgIpc) is 2.46. The van der Waals surface area contributed by atoms with Crippen LogP contribution in [0.2, 0.25) is 0 Å². The fourth-order valence-corrected chi connectivity index (χ4v) is 2.93. The van der Waals surface area contributed by atoms with Crippen molar-refractivity contribution < 1.29 is 5.11 Å². The van der Waals surface area contributed by atoms with Crippen LogP contribution < -0.4 is 5.32 Å². The smallest absolute Gasteiger partial charge is 0.0459 e. The fraction of sp³-hybridized carbons (Fsp3) is 0.625. The van der Waals surface area contributed by atoms with Crippen LogP contribution in [0.25, 0.3) is 0 Å². The van der Waals surface area contributed by atoms with Crippen LogP contribution >= 0.6 is 0 Å². The van der Waals surface area contributed by atoms with Crippen molar-refractivity contribution in [3.8, 4) is 0 Å². The topological polar surface area (TPSA) is 32.3 Å². The summed E-state index contributed by atoms with van der Waals surface area (Å²) in [6, 6.07) is 11.8. The van der Waals surface area contributed by atoms with Gasteiger partial charge in [-0.15, -0.1) is 0 Å². The van der Waals surface area contributed by atoms with Crippen molar-refractivity contribution in [2.24, 2.45) is 5.92 Å². The van der Waals surface area contributed by atoms with Crippen LogP contribution in [-0.2, 0) is 0 Å². The molecule has 0 bridgehead atoms. The first-order valence-corrected chi connectivity index (χ1v) is 7.25. The minimum atomic E-state index is 0.364. The van der Waals surface area contributed by atoms with E-state index in [1.807, 2.05) is 0 Å². The normalized spacial score (nSPS) is 25.9. The predicted molar refractivity (Wildman–Crippen MR) is 75.4 cm³/mol. The van der Waals surface area contributed by atoms with Gasteiger partial charge in [0.2, 0.25) is 0 Å². The van der Waals surface area contributed by atoms with Gasteiger partial charge in [0.25, 0.3) is 0 Å². The van der Waals surface area contributed by atoms with Crippen LogP contribution in [0.4, 0.5) is 0 Å². The van der Waals surface area contributed by atoms with E-state index in [0.717, 1.165) is 6.42 Å². The van der Waals surface area contributed by atoms with Crippen molar-refractivity contribution in [1.29, 1.82) is 0 Å². The third kappa shape index (κ3) is 3.56. The van der Waals surface area contributed by atoms with Gasteiger partial charge in [-0.1, -0.05) is 37.3 Å². The Morgan fingerprint density at radius 1 is 1.17 bits per heavy atom. The summed E-state index contributed by atoms with van der Waals surface area (Å²) in [5, 5.41) is 12.9. The highest BCUT2D eigenvalue weighted by molar-refractivity contribution is 5.18. The Bertz CT molecular complexity index is 330. The zero-order chi connectivity index (χ0) is 12.8. The lowest BCUT2D eigenvalue weighted by molar-refractivity contribution is 0.171. The van der Waals surface area contributed by atoms with Crippen molar-refractivity contribution in [3.05, 3.63) is 35.9 Å². The van der Waals surface area contributed by atoms with E-state index in [0.29, 0.717) is 24.6 Å². The molecule has 1 aromatic carbocycles. The first-order valence-electron chi connectivity index (χ1n) is 7.25. The van der Waals surface area contributed by atoms with E-state index >= 15 is 0 Å². The average molecular weight is 247 g/mol. The molecule has 18 heavy (non-hydrogen) atoms. The number of hydrogen-bond donors (Lipinski definition) is 2. The largest absolute Gasteiger partial charge is 0.396 e. The van der Waals surface area contributed by atoms with E-state index in [4.69, 9.17) is 5.11 Å². The maximum atomic E-state index is 9.16. The molecule has 0 heterocycles. The number of benzene rings is 1. The Balaban J connectivity index is 1.88. The maximum absolute atomic E-state index is 9.16. The zero-order valence-corrected chi connectivity index (χ0v) is 11.3. The summed E-state index contributed by atoms with van der Waals surface area (Å²) in [6.07, 6.45) is 5.87. The van der Waals surface area contributed by atoms with E-state index in [1.54, 1.807) is 0 Å². The maximum Gasteiger partial charge on any atom is 0.0459 e. The second kappa shape index (κ2) is 6.91. The Labute approximate surface area is 110 Å². The van der Waals surface area contributed by atoms with Crippen molar-refractivity contribution in [3.63, 3.8) is 0 Å². The summed E-state index contributed by atoms with van der Waals surface area (Å²) >= 11 is 0. The zero-order valence-electron chi connectivity index (χ0n) is 11.3. The minimum Gasteiger partial charge on any atom is -0.396 e. The number of aliphatic hydroxyl groups excluding tert-OH is 1. The molecule has 0 aromatic heterocycles. The van der Waals surface area contributed by atoms with Crippen molar-refractivity contribution in [1.82, 2.24) is 5.32 Å². The van der Waals surface area contributed by atoms with E-state index in [2.05, 4.69) is 42.6 Å². The molecule has 100 valence electrons. The van der Waals surface area contributed by atoms with Crippen molar-refractivity contribution >= 4 is 0 Å². The van der Waals surface area contributed by atoms with Crippen LogP contribution in [0.5, 0.6) is 0 Å². The first-order chi connectivity index (χ1) is 8.83. The van der Waals surface area contributed by atoms with Crippen LogP contribution in [0.15, 0.2) is 30.3 Å². The van der Waals surface area contributed by atoms with Crippen molar-refractivity contribution in [2.75, 3.05) is 6.61 Å². The fourth-order valence-electron chi connectivity index (χ4n) is 2.93. The highest BCUT2D eigenvalue weighted by atomic mass is 16.3. The number of aliphatic hydroxyl groups is 1. The van der Waals surface area contributed by atoms with E-state index in [-0.39, 0.29) is 0 Å². The summed E-state index contributed by atoms with van der Waals surface area (Å²) in [5.74, 6) is 0.542. The van der Waals surface area contributed by atoms with Gasteiger partial charge >= 0.3 is 0 Å². The Hall–Kier alpha value is -0.860. The molecule has 0 amide bonds. The molecule has 0 spiro atoms. The van der Waals surface area contributed by atoms with Crippen molar-refractivity contribution in [2.45, 2.75) is 51.1 Å². The van der Waals surface area contributed by atoms with Crippen LogP contribution in [0, 0.1) is 5.92 Å². The third-order valence-corrected chi connectivity index (χ3v) is 4.15. The molecule has 1 saturated carbocycles. The molecular formula is C16H25NO. The molecule has 2 N–H and O–H groups in total. The highest BCUT2D eigenvalue weighted by Crippen LogP contribution is 2.26. The molecule has 0 aliphatic heterocycles. The predicted octanol–water partition coefficient (Wildman–Crippen LogP) is 3.28. The number of nitrogens with one attached hydrogen (secondary N) is 1. The lowest BCUT2D eigenvalue weighted by atomic mass is 9.86. The molecule has 1 aliphatic carbocycles. The Morgan fingerprint density at radius 2 is 1.83 bits per heavy atom. The number of hydrogen-bond acceptors (Lipinski definition) is 2. The summed E-state index contributed by atoms with van der Waals surface area (Å²) in [7, 11) is 0. The molecule has 1 fully saturated rings. The van der Waals surface area contributed by atoms with Gasteiger partial charge in [0.15, 0.2) is 0 Å². The van der Waals surface area contributed by atoms with Gasteiger partial charge in [-0.25, -0.2) is 0 Å². The second-order valence-corrected chi connectivity index (χ2v) is 5.44. The number of rotatable bonds is 5. The van der Waals surface area contributed by atoms with Gasteiger partial charge in [0.05, 0.1) is 0 Å². The van der Waals surface area contributed by atoms with Crippen LogP contribution in [-0.4, -0.2) is 17.8 Å². The van der Waals surface area contributed by atoms with E-state index < -0.39 is 0 Å². The molecular weight excluding hydrogens is 222 g/mol. The van der Waals surface area contributed by atoms with E-state index in [9.17, 15) is 0 Å². The van der Waals surface area contributed by atoms with Gasteiger partial charge in [0.1, 0.15) is 0 Å². The monoisotopic (exact) mass is 247 g/mol. The molecule has 1 atom stereocenters. The van der Waals surface area contributed by atoms with E-state index in [1.165, 1.54) is 31.2 Å². The quantitative estimate of drug-likeness (QED) is 0.837. The Morgan fingerprint density at radius 3 is 2.39 bits per heavy atom.